The van der Waals surface area contributed by atoms with Gasteiger partial charge in [0.05, 0.1) is 6.42 Å². The largest absolute Gasteiger partial charge is 0.487 e. The first kappa shape index (κ1) is 23.9. The van der Waals surface area contributed by atoms with Crippen LogP contribution in [-0.2, 0) is 24.2 Å². The second kappa shape index (κ2) is 9.30. The molecule has 6 nitrogen and oxygen atoms in total. The van der Waals surface area contributed by atoms with Gasteiger partial charge in [-0.3, -0.25) is 14.5 Å². The Labute approximate surface area is 208 Å². The first-order valence-corrected chi connectivity index (χ1v) is 12.9. The Morgan fingerprint density at radius 2 is 1.57 bits per heavy atom. The van der Waals surface area contributed by atoms with Gasteiger partial charge < -0.3 is 15.4 Å². The number of carbonyl (C=O) groups excluding carboxylic acids is 2. The Balaban J connectivity index is 1.17. The summed E-state index contributed by atoms with van der Waals surface area (Å²) in [7, 11) is 0. The Morgan fingerprint density at radius 3 is 2.29 bits per heavy atom. The molecule has 0 atom stereocenters. The minimum absolute atomic E-state index is 0.0231. The van der Waals surface area contributed by atoms with Gasteiger partial charge in [0.25, 0.3) is 5.91 Å². The molecule has 2 amide bonds. The number of fused-ring (bicyclic) bond motifs is 1. The van der Waals surface area contributed by atoms with Gasteiger partial charge in [0.15, 0.2) is 0 Å². The number of hydrogen-bond donors (Lipinski definition) is 1. The molecule has 2 fully saturated rings. The van der Waals surface area contributed by atoms with E-state index in [9.17, 15) is 9.59 Å². The van der Waals surface area contributed by atoms with Gasteiger partial charge in [-0.2, -0.15) is 0 Å². The lowest BCUT2D eigenvalue weighted by molar-refractivity contribution is -0.117. The van der Waals surface area contributed by atoms with E-state index in [1.165, 1.54) is 24.0 Å². The van der Waals surface area contributed by atoms with Crippen molar-refractivity contribution in [3.8, 4) is 5.75 Å². The first-order chi connectivity index (χ1) is 16.7. The molecule has 3 aliphatic heterocycles. The van der Waals surface area contributed by atoms with E-state index in [0.717, 1.165) is 63.3 Å². The average molecular weight is 476 g/mol. The predicted molar refractivity (Wildman–Crippen MR) is 136 cm³/mol. The Bertz CT molecular complexity index is 1110. The monoisotopic (exact) mass is 475 g/mol. The third-order valence-corrected chi connectivity index (χ3v) is 8.21. The van der Waals surface area contributed by atoms with Crippen LogP contribution in [0.1, 0.15) is 66.6 Å². The molecule has 2 aromatic carbocycles. The lowest BCUT2D eigenvalue weighted by Gasteiger charge is -2.47. The van der Waals surface area contributed by atoms with E-state index in [0.29, 0.717) is 11.0 Å². The SMILES string of the molecule is CC1(C)Cc2cccc(CN3CCC4(CC3)CCN(C(=O)c3ccccc3CC(N)=O)CC4)c2O1. The number of piperidine rings is 2. The minimum Gasteiger partial charge on any atom is -0.487 e. The maximum Gasteiger partial charge on any atom is 0.254 e. The molecule has 2 N–H and O–H groups in total. The molecule has 2 saturated heterocycles. The van der Waals surface area contributed by atoms with Gasteiger partial charge in [0.1, 0.15) is 11.4 Å². The molecule has 0 aliphatic carbocycles. The number of nitrogens with two attached hydrogens (primary N) is 1. The molecule has 0 aromatic heterocycles. The zero-order valence-corrected chi connectivity index (χ0v) is 21.0. The van der Waals surface area contributed by atoms with Crippen LogP contribution in [0, 0.1) is 5.41 Å². The summed E-state index contributed by atoms with van der Waals surface area (Å²) in [6.45, 7) is 8.99. The minimum atomic E-state index is -0.412. The van der Waals surface area contributed by atoms with E-state index in [1.54, 1.807) is 0 Å². The van der Waals surface area contributed by atoms with Gasteiger partial charge in [-0.15, -0.1) is 0 Å². The first-order valence-electron chi connectivity index (χ1n) is 12.9. The van der Waals surface area contributed by atoms with Crippen LogP contribution >= 0.6 is 0 Å². The molecular weight excluding hydrogens is 438 g/mol. The highest BCUT2D eigenvalue weighted by Gasteiger charge is 2.39. The fourth-order valence-corrected chi connectivity index (χ4v) is 6.16. The smallest absolute Gasteiger partial charge is 0.254 e. The van der Waals surface area contributed by atoms with E-state index in [4.69, 9.17) is 10.5 Å². The van der Waals surface area contributed by atoms with Crippen LogP contribution in [0.5, 0.6) is 5.75 Å². The maximum atomic E-state index is 13.2. The lowest BCUT2D eigenvalue weighted by Crippen LogP contribution is -2.48. The summed E-state index contributed by atoms with van der Waals surface area (Å²) in [6, 6.07) is 13.9. The fourth-order valence-electron chi connectivity index (χ4n) is 6.16. The molecule has 2 aromatic rings. The third kappa shape index (κ3) is 5.08. The Kier molecular flexibility index (Phi) is 6.34. The second-order valence-corrected chi connectivity index (χ2v) is 11.3. The topological polar surface area (TPSA) is 75.9 Å². The lowest BCUT2D eigenvalue weighted by atomic mass is 9.71. The molecular formula is C29H37N3O3. The van der Waals surface area contributed by atoms with Crippen LogP contribution in [0.3, 0.4) is 0 Å². The zero-order valence-electron chi connectivity index (χ0n) is 21.0. The number of ether oxygens (including phenoxy) is 1. The third-order valence-electron chi connectivity index (χ3n) is 8.21. The van der Waals surface area contributed by atoms with Gasteiger partial charge in [-0.25, -0.2) is 0 Å². The van der Waals surface area contributed by atoms with Gasteiger partial charge in [0, 0.05) is 37.2 Å². The molecule has 3 heterocycles. The molecule has 0 saturated carbocycles. The number of likely N-dealkylation sites (tertiary alicyclic amines) is 2. The van der Waals surface area contributed by atoms with E-state index < -0.39 is 5.91 Å². The van der Waals surface area contributed by atoms with Crippen molar-refractivity contribution >= 4 is 11.8 Å². The van der Waals surface area contributed by atoms with Crippen molar-refractivity contribution in [2.75, 3.05) is 26.2 Å². The Morgan fingerprint density at radius 1 is 0.914 bits per heavy atom. The summed E-state index contributed by atoms with van der Waals surface area (Å²) in [5, 5.41) is 0. The van der Waals surface area contributed by atoms with Gasteiger partial charge in [0.2, 0.25) is 5.91 Å². The fraction of sp³-hybridized carbons (Fsp3) is 0.517. The summed E-state index contributed by atoms with van der Waals surface area (Å²) >= 11 is 0. The van der Waals surface area contributed by atoms with Gasteiger partial charge >= 0.3 is 0 Å². The number of rotatable bonds is 5. The van der Waals surface area contributed by atoms with Gasteiger partial charge in [-0.1, -0.05) is 36.4 Å². The van der Waals surface area contributed by atoms with Crippen LogP contribution in [0.15, 0.2) is 42.5 Å². The normalized spacial score (nSPS) is 20.9. The molecule has 3 aliphatic rings. The highest BCUT2D eigenvalue weighted by atomic mass is 16.5. The summed E-state index contributed by atoms with van der Waals surface area (Å²) in [4.78, 5) is 29.2. The van der Waals surface area contributed by atoms with Crippen molar-refractivity contribution in [1.82, 2.24) is 9.80 Å². The zero-order chi connectivity index (χ0) is 24.6. The van der Waals surface area contributed by atoms with Crippen LogP contribution in [0.25, 0.3) is 0 Å². The molecule has 1 spiro atoms. The van der Waals surface area contributed by atoms with Gasteiger partial charge in [-0.05, 0) is 75.2 Å². The number of benzene rings is 2. The standard InChI is InChI=1S/C29H37N3O3/c1-28(2)19-22-7-5-8-23(26(22)35-28)20-31-14-10-29(11-15-31)12-16-32(17-13-29)27(34)24-9-4-3-6-21(24)18-25(30)33/h3-9H,10-20H2,1-2H3,(H2,30,33). The molecule has 186 valence electrons. The number of para-hydroxylation sites is 1. The number of carbonyl (C=O) groups is 2. The number of hydrogen-bond acceptors (Lipinski definition) is 4. The quantitative estimate of drug-likeness (QED) is 0.711. The summed E-state index contributed by atoms with van der Waals surface area (Å²) in [6.07, 6.45) is 5.51. The van der Waals surface area contributed by atoms with E-state index >= 15 is 0 Å². The van der Waals surface area contributed by atoms with E-state index in [1.807, 2.05) is 29.2 Å². The molecule has 0 radical (unpaired) electrons. The second-order valence-electron chi connectivity index (χ2n) is 11.3. The van der Waals surface area contributed by atoms with E-state index in [2.05, 4.69) is 36.9 Å². The van der Waals surface area contributed by atoms with Crippen molar-refractivity contribution in [1.29, 1.82) is 0 Å². The van der Waals surface area contributed by atoms with Crippen molar-refractivity contribution in [3.05, 3.63) is 64.7 Å². The highest BCUT2D eigenvalue weighted by Crippen LogP contribution is 2.43. The number of nitrogens with zero attached hydrogens (tertiary/aromatic N) is 2. The van der Waals surface area contributed by atoms with Crippen molar-refractivity contribution in [2.45, 2.75) is 64.5 Å². The molecule has 0 bridgehead atoms. The van der Waals surface area contributed by atoms with E-state index in [-0.39, 0.29) is 17.9 Å². The molecule has 5 rings (SSSR count). The van der Waals surface area contributed by atoms with Crippen molar-refractivity contribution in [3.63, 3.8) is 0 Å². The van der Waals surface area contributed by atoms with Crippen LogP contribution in [0.4, 0.5) is 0 Å². The maximum absolute atomic E-state index is 13.2. The highest BCUT2D eigenvalue weighted by molar-refractivity contribution is 5.97. The summed E-state index contributed by atoms with van der Waals surface area (Å²) < 4.78 is 6.29. The average Bonchev–Trinajstić information content (AvgIpc) is 3.16. The molecule has 35 heavy (non-hydrogen) atoms. The molecule has 6 heteroatoms. The predicted octanol–water partition coefficient (Wildman–Crippen LogP) is 3.95. The van der Waals surface area contributed by atoms with Crippen LogP contribution in [-0.4, -0.2) is 53.4 Å². The Hall–Kier alpha value is -2.86. The number of amides is 2. The van der Waals surface area contributed by atoms with Crippen LogP contribution in [0.2, 0.25) is 0 Å². The summed E-state index contributed by atoms with van der Waals surface area (Å²) in [5.41, 5.74) is 9.57. The summed E-state index contributed by atoms with van der Waals surface area (Å²) in [5.74, 6) is 0.710. The van der Waals surface area contributed by atoms with Crippen molar-refractivity contribution in [2.24, 2.45) is 11.1 Å². The number of primary amides is 1. The molecule has 0 unspecified atom stereocenters. The van der Waals surface area contributed by atoms with Crippen molar-refractivity contribution < 1.29 is 14.3 Å². The van der Waals surface area contributed by atoms with Crippen LogP contribution < -0.4 is 10.5 Å².